The smallest absolute Gasteiger partial charge is 0.349 e. The van der Waals surface area contributed by atoms with Crippen LogP contribution in [0.5, 0.6) is 0 Å². The molecule has 0 aromatic carbocycles. The van der Waals surface area contributed by atoms with Crippen LogP contribution in [0, 0.1) is 23.7 Å². The number of nitrogens with zero attached hydrogens (tertiary/aromatic N) is 3. The van der Waals surface area contributed by atoms with Gasteiger partial charge in [-0.2, -0.15) is 10.2 Å². The lowest BCUT2D eigenvalue weighted by Gasteiger charge is -2.25. The second-order valence-electron chi connectivity index (χ2n) is 4.81. The molecular weight excluding hydrogens is 250 g/mol. The van der Waals surface area contributed by atoms with Gasteiger partial charge in [0.15, 0.2) is 6.23 Å². The molecule has 1 aliphatic heterocycles. The van der Waals surface area contributed by atoms with Crippen molar-refractivity contribution in [3.63, 3.8) is 0 Å². The summed E-state index contributed by atoms with van der Waals surface area (Å²) in [6.07, 6.45) is -1.59. The average Bonchev–Trinajstić information content (AvgIpc) is 2.63. The number of hydrogen-bond acceptors (Lipinski definition) is 6. The summed E-state index contributed by atoms with van der Waals surface area (Å²) < 4.78 is 6.60. The standard InChI is InChI=1S/C12H15N3O4/c1-7-3-4-15(11(18)14-7)10-12(2,6-13)9(17)8(5-16)19-10/h3-4,8-10,16-17H,5H2,1-2H3/t8-,9-,10-,12-/m1/s1. The van der Waals surface area contributed by atoms with Crippen LogP contribution in [0.2, 0.25) is 0 Å². The van der Waals surface area contributed by atoms with E-state index in [0.717, 1.165) is 4.57 Å². The second-order valence-corrected chi connectivity index (χ2v) is 4.81. The molecule has 0 amide bonds. The molecule has 2 rings (SSSR count). The normalized spacial score (nSPS) is 34.2. The molecule has 2 heterocycles. The second kappa shape index (κ2) is 4.74. The minimum atomic E-state index is -1.33. The van der Waals surface area contributed by atoms with E-state index in [1.54, 1.807) is 13.0 Å². The Bertz CT molecular complexity index is 579. The van der Waals surface area contributed by atoms with Gasteiger partial charge in [0.2, 0.25) is 0 Å². The van der Waals surface area contributed by atoms with Crippen LogP contribution in [0.15, 0.2) is 17.1 Å². The lowest BCUT2D eigenvalue weighted by molar-refractivity contribution is -0.0503. The Morgan fingerprint density at radius 3 is 2.89 bits per heavy atom. The van der Waals surface area contributed by atoms with E-state index in [-0.39, 0.29) is 0 Å². The van der Waals surface area contributed by atoms with Crippen LogP contribution >= 0.6 is 0 Å². The van der Waals surface area contributed by atoms with Gasteiger partial charge in [0.05, 0.1) is 12.7 Å². The van der Waals surface area contributed by atoms with Crippen molar-refractivity contribution in [1.29, 1.82) is 5.26 Å². The van der Waals surface area contributed by atoms with E-state index in [0.29, 0.717) is 5.69 Å². The summed E-state index contributed by atoms with van der Waals surface area (Å²) in [5, 5.41) is 28.5. The van der Waals surface area contributed by atoms with Crippen LogP contribution in [-0.4, -0.2) is 38.6 Å². The molecule has 1 saturated heterocycles. The Balaban J connectivity index is 2.49. The molecule has 0 unspecified atom stereocenters. The monoisotopic (exact) mass is 265 g/mol. The largest absolute Gasteiger partial charge is 0.394 e. The molecule has 1 aromatic heterocycles. The van der Waals surface area contributed by atoms with Crippen LogP contribution < -0.4 is 5.69 Å². The summed E-state index contributed by atoms with van der Waals surface area (Å²) in [5.41, 5.74) is -1.33. The maximum absolute atomic E-state index is 11.9. The van der Waals surface area contributed by atoms with Crippen LogP contribution in [0.1, 0.15) is 18.8 Å². The molecule has 0 radical (unpaired) electrons. The minimum Gasteiger partial charge on any atom is -0.394 e. The van der Waals surface area contributed by atoms with E-state index in [2.05, 4.69) is 4.98 Å². The van der Waals surface area contributed by atoms with E-state index >= 15 is 0 Å². The van der Waals surface area contributed by atoms with E-state index in [1.165, 1.54) is 13.1 Å². The van der Waals surface area contributed by atoms with E-state index in [9.17, 15) is 15.2 Å². The number of nitriles is 1. The van der Waals surface area contributed by atoms with E-state index in [4.69, 9.17) is 9.84 Å². The summed E-state index contributed by atoms with van der Waals surface area (Å²) in [7, 11) is 0. The van der Waals surface area contributed by atoms with Gasteiger partial charge in [-0.1, -0.05) is 0 Å². The maximum Gasteiger partial charge on any atom is 0.349 e. The molecule has 0 saturated carbocycles. The van der Waals surface area contributed by atoms with Gasteiger partial charge in [0.1, 0.15) is 17.6 Å². The molecule has 0 spiro atoms. The predicted molar refractivity (Wildman–Crippen MR) is 64.0 cm³/mol. The van der Waals surface area contributed by atoms with Crippen LogP contribution in [0.3, 0.4) is 0 Å². The SMILES string of the molecule is Cc1ccn([C@@H]2O[C@H](CO)[C@@H](O)[C@@]2(C)C#N)c(=O)n1. The van der Waals surface area contributed by atoms with Gasteiger partial charge in [-0.25, -0.2) is 4.79 Å². The Morgan fingerprint density at radius 2 is 2.37 bits per heavy atom. The lowest BCUT2D eigenvalue weighted by Crippen LogP contribution is -2.39. The molecule has 7 nitrogen and oxygen atoms in total. The maximum atomic E-state index is 11.9. The third kappa shape index (κ3) is 2.04. The van der Waals surface area contributed by atoms with Crippen LogP contribution in [0.4, 0.5) is 0 Å². The molecule has 1 fully saturated rings. The highest BCUT2D eigenvalue weighted by molar-refractivity contribution is 5.11. The van der Waals surface area contributed by atoms with Gasteiger partial charge < -0.3 is 14.9 Å². The summed E-state index contributed by atoms with van der Waals surface area (Å²) in [4.78, 5) is 15.6. The fourth-order valence-corrected chi connectivity index (χ4v) is 2.21. The summed E-state index contributed by atoms with van der Waals surface area (Å²) >= 11 is 0. The van der Waals surface area contributed by atoms with Crippen molar-refractivity contribution in [3.05, 3.63) is 28.4 Å². The Kier molecular flexibility index (Phi) is 3.41. The van der Waals surface area contributed by atoms with Gasteiger partial charge >= 0.3 is 5.69 Å². The third-order valence-corrected chi connectivity index (χ3v) is 3.43. The third-order valence-electron chi connectivity index (χ3n) is 3.43. The van der Waals surface area contributed by atoms with Gasteiger partial charge in [-0.15, -0.1) is 0 Å². The van der Waals surface area contributed by atoms with Gasteiger partial charge in [-0.3, -0.25) is 4.57 Å². The number of rotatable bonds is 2. The molecule has 4 atom stereocenters. The Hall–Kier alpha value is -1.75. The average molecular weight is 265 g/mol. The molecule has 0 bridgehead atoms. The minimum absolute atomic E-state index is 0.428. The number of aromatic nitrogens is 2. The molecule has 1 aliphatic rings. The first kappa shape index (κ1) is 13.7. The predicted octanol–water partition coefficient (Wildman–Crippen LogP) is -0.668. The summed E-state index contributed by atoms with van der Waals surface area (Å²) in [6, 6.07) is 3.58. The summed E-state index contributed by atoms with van der Waals surface area (Å²) in [5.74, 6) is 0. The van der Waals surface area contributed by atoms with Gasteiger partial charge in [0, 0.05) is 11.9 Å². The highest BCUT2D eigenvalue weighted by Crippen LogP contribution is 2.44. The molecule has 7 heteroatoms. The quantitative estimate of drug-likeness (QED) is 0.734. The first-order valence-corrected chi connectivity index (χ1v) is 5.85. The number of aryl methyl sites for hydroxylation is 1. The lowest BCUT2D eigenvalue weighted by atomic mass is 9.84. The molecule has 0 aliphatic carbocycles. The Morgan fingerprint density at radius 1 is 1.68 bits per heavy atom. The van der Waals surface area contributed by atoms with Crippen molar-refractivity contribution in [1.82, 2.24) is 9.55 Å². The van der Waals surface area contributed by atoms with Crippen molar-refractivity contribution in [3.8, 4) is 6.07 Å². The van der Waals surface area contributed by atoms with Crippen LogP contribution in [-0.2, 0) is 4.74 Å². The first-order chi connectivity index (χ1) is 8.93. The highest BCUT2D eigenvalue weighted by atomic mass is 16.5. The zero-order valence-electron chi connectivity index (χ0n) is 10.6. The fraction of sp³-hybridized carbons (Fsp3) is 0.583. The number of aliphatic hydroxyl groups is 2. The van der Waals surface area contributed by atoms with Crippen molar-refractivity contribution in [2.75, 3.05) is 6.61 Å². The van der Waals surface area contributed by atoms with E-state index < -0.39 is 36.1 Å². The highest BCUT2D eigenvalue weighted by Gasteiger charge is 2.54. The zero-order chi connectivity index (χ0) is 14.2. The van der Waals surface area contributed by atoms with Crippen molar-refractivity contribution < 1.29 is 14.9 Å². The Labute approximate surface area is 109 Å². The van der Waals surface area contributed by atoms with E-state index in [1.807, 2.05) is 6.07 Å². The first-order valence-electron chi connectivity index (χ1n) is 5.85. The molecular formula is C12H15N3O4. The number of ether oxygens (including phenoxy) is 1. The molecule has 1 aromatic rings. The number of hydrogen-bond donors (Lipinski definition) is 2. The fourth-order valence-electron chi connectivity index (χ4n) is 2.21. The van der Waals surface area contributed by atoms with Crippen molar-refractivity contribution >= 4 is 0 Å². The van der Waals surface area contributed by atoms with Crippen molar-refractivity contribution in [2.45, 2.75) is 32.3 Å². The number of aliphatic hydroxyl groups excluding tert-OH is 2. The zero-order valence-corrected chi connectivity index (χ0v) is 10.6. The summed E-state index contributed by atoms with van der Waals surface area (Å²) in [6.45, 7) is 2.74. The topological polar surface area (TPSA) is 108 Å². The van der Waals surface area contributed by atoms with Gasteiger partial charge in [0.25, 0.3) is 0 Å². The molecule has 102 valence electrons. The molecule has 2 N–H and O–H groups in total. The van der Waals surface area contributed by atoms with Crippen LogP contribution in [0.25, 0.3) is 0 Å². The molecule has 19 heavy (non-hydrogen) atoms. The van der Waals surface area contributed by atoms with Crippen molar-refractivity contribution in [2.24, 2.45) is 5.41 Å². The van der Waals surface area contributed by atoms with Gasteiger partial charge in [-0.05, 0) is 19.9 Å².